The van der Waals surface area contributed by atoms with Crippen molar-refractivity contribution in [2.75, 3.05) is 13.1 Å². The van der Waals surface area contributed by atoms with Crippen LogP contribution in [-0.4, -0.2) is 41.9 Å². The molecule has 140 valence electrons. The van der Waals surface area contributed by atoms with Gasteiger partial charge < -0.3 is 4.42 Å². The molecule has 26 heavy (non-hydrogen) atoms. The Bertz CT molecular complexity index is 952. The lowest BCUT2D eigenvalue weighted by Gasteiger charge is -2.30. The second-order valence-corrected chi connectivity index (χ2v) is 8.46. The Morgan fingerprint density at radius 1 is 1.23 bits per heavy atom. The lowest BCUT2D eigenvalue weighted by atomic mass is 9.91. The minimum Gasteiger partial charge on any atom is -0.420 e. The smallest absolute Gasteiger partial charge is 0.276 e. The van der Waals surface area contributed by atoms with Gasteiger partial charge in [-0.1, -0.05) is 18.2 Å². The highest BCUT2D eigenvalue weighted by atomic mass is 32.2. The molecule has 0 bridgehead atoms. The number of aryl methyl sites for hydroxylation is 1. The summed E-state index contributed by atoms with van der Waals surface area (Å²) in [5.74, 6) is -4.09. The molecule has 1 saturated heterocycles. The predicted molar refractivity (Wildman–Crippen MR) is 88.5 cm³/mol. The molecule has 1 saturated carbocycles. The number of hydrogen-bond donors (Lipinski definition) is 1. The standard InChI is InChI=1S/C16H18F2N4O3S/c1-10-4-2-3-5-11(10)13-20-21-14(25-13)12-15(16(12,17)18)6-8-22(9-7-15)26(19,23)24/h2-5,12H,6-9H2,1H3,(H2,19,23,24)/t12-/m1/s1. The number of halogens is 2. The lowest BCUT2D eigenvalue weighted by molar-refractivity contribution is 0.0407. The quantitative estimate of drug-likeness (QED) is 0.873. The third kappa shape index (κ3) is 2.47. The molecule has 0 unspecified atom stereocenters. The summed E-state index contributed by atoms with van der Waals surface area (Å²) in [5, 5.41) is 12.9. The second kappa shape index (κ2) is 5.54. The topological polar surface area (TPSA) is 102 Å². The average Bonchev–Trinajstić information content (AvgIpc) is 2.89. The molecule has 1 spiro atoms. The average molecular weight is 384 g/mol. The zero-order valence-corrected chi connectivity index (χ0v) is 14.8. The molecule has 10 heteroatoms. The molecule has 4 rings (SSSR count). The molecule has 1 atom stereocenters. The summed E-state index contributed by atoms with van der Waals surface area (Å²) in [6.07, 6.45) is 0.00630. The van der Waals surface area contributed by atoms with Gasteiger partial charge >= 0.3 is 0 Å². The molecular formula is C16H18F2N4O3S. The fraction of sp³-hybridized carbons (Fsp3) is 0.500. The number of hydrogen-bond acceptors (Lipinski definition) is 5. The van der Waals surface area contributed by atoms with Crippen molar-refractivity contribution in [3.63, 3.8) is 0 Å². The fourth-order valence-electron chi connectivity index (χ4n) is 3.94. The number of rotatable bonds is 3. The number of aromatic nitrogens is 2. The molecule has 2 aromatic rings. The molecule has 2 fully saturated rings. The van der Waals surface area contributed by atoms with Gasteiger partial charge in [0.2, 0.25) is 11.8 Å². The molecule has 2 N–H and O–H groups in total. The van der Waals surface area contributed by atoms with E-state index < -0.39 is 27.5 Å². The van der Waals surface area contributed by atoms with E-state index >= 15 is 0 Å². The van der Waals surface area contributed by atoms with Gasteiger partial charge in [-0.2, -0.15) is 12.7 Å². The van der Waals surface area contributed by atoms with Crippen molar-refractivity contribution in [2.24, 2.45) is 10.6 Å². The van der Waals surface area contributed by atoms with Crippen LogP contribution in [0.2, 0.25) is 0 Å². The van der Waals surface area contributed by atoms with E-state index in [1.807, 2.05) is 25.1 Å². The summed E-state index contributed by atoms with van der Waals surface area (Å²) in [5.41, 5.74) is 0.263. The molecule has 0 amide bonds. The van der Waals surface area contributed by atoms with Crippen LogP contribution in [0.3, 0.4) is 0 Å². The van der Waals surface area contributed by atoms with Crippen LogP contribution in [0.15, 0.2) is 28.7 Å². The number of benzene rings is 1. The maximum atomic E-state index is 14.6. The Morgan fingerprint density at radius 2 is 1.88 bits per heavy atom. The predicted octanol–water partition coefficient (Wildman–Crippen LogP) is 2.06. The Kier molecular flexibility index (Phi) is 3.73. The maximum Gasteiger partial charge on any atom is 0.276 e. The highest BCUT2D eigenvalue weighted by molar-refractivity contribution is 7.86. The van der Waals surface area contributed by atoms with Crippen LogP contribution in [0.25, 0.3) is 11.5 Å². The van der Waals surface area contributed by atoms with Gasteiger partial charge in [-0.25, -0.2) is 13.9 Å². The molecule has 1 aromatic heterocycles. The molecule has 0 radical (unpaired) electrons. The Labute approximate surface area is 149 Å². The Balaban J connectivity index is 1.59. The van der Waals surface area contributed by atoms with E-state index in [9.17, 15) is 17.2 Å². The number of piperidine rings is 1. The first kappa shape index (κ1) is 17.5. The number of nitrogens with zero attached hydrogens (tertiary/aromatic N) is 3. The van der Waals surface area contributed by atoms with Gasteiger partial charge in [0.15, 0.2) is 0 Å². The molecule has 7 nitrogen and oxygen atoms in total. The molecule has 2 heterocycles. The largest absolute Gasteiger partial charge is 0.420 e. The summed E-state index contributed by atoms with van der Waals surface area (Å²) in [6, 6.07) is 7.33. The number of nitrogens with two attached hydrogens (primary N) is 1. The van der Waals surface area contributed by atoms with Crippen LogP contribution in [0.1, 0.15) is 30.2 Å². The van der Waals surface area contributed by atoms with Crippen molar-refractivity contribution in [1.82, 2.24) is 14.5 Å². The summed E-state index contributed by atoms with van der Waals surface area (Å²) in [6.45, 7) is 1.79. The summed E-state index contributed by atoms with van der Waals surface area (Å²) in [7, 11) is -3.87. The third-order valence-electron chi connectivity index (χ3n) is 5.53. The van der Waals surface area contributed by atoms with Crippen LogP contribution in [0.5, 0.6) is 0 Å². The van der Waals surface area contributed by atoms with E-state index in [2.05, 4.69) is 10.2 Å². The van der Waals surface area contributed by atoms with Crippen LogP contribution in [0.4, 0.5) is 8.78 Å². The van der Waals surface area contributed by atoms with Gasteiger partial charge in [0.1, 0.15) is 5.92 Å². The van der Waals surface area contributed by atoms with Gasteiger partial charge in [-0.3, -0.25) is 0 Å². The van der Waals surface area contributed by atoms with Crippen molar-refractivity contribution in [3.8, 4) is 11.5 Å². The highest BCUT2D eigenvalue weighted by Gasteiger charge is 2.82. The normalized spacial score (nSPS) is 24.7. The zero-order valence-electron chi connectivity index (χ0n) is 14.0. The molecule has 1 aromatic carbocycles. The van der Waals surface area contributed by atoms with Crippen LogP contribution in [-0.2, 0) is 10.2 Å². The minimum atomic E-state index is -3.87. The van der Waals surface area contributed by atoms with E-state index in [0.717, 1.165) is 9.87 Å². The number of alkyl halides is 2. The first-order chi connectivity index (χ1) is 12.2. The minimum absolute atomic E-state index is 0.00315. The summed E-state index contributed by atoms with van der Waals surface area (Å²) >= 11 is 0. The van der Waals surface area contributed by atoms with Crippen molar-refractivity contribution in [2.45, 2.75) is 31.6 Å². The molecule has 1 aliphatic carbocycles. The Morgan fingerprint density at radius 3 is 2.50 bits per heavy atom. The Hall–Kier alpha value is -1.91. The van der Waals surface area contributed by atoms with Crippen molar-refractivity contribution < 1.29 is 21.6 Å². The third-order valence-corrected chi connectivity index (χ3v) is 6.62. The van der Waals surface area contributed by atoms with Crippen molar-refractivity contribution >= 4 is 10.2 Å². The van der Waals surface area contributed by atoms with E-state index in [4.69, 9.17) is 9.56 Å². The first-order valence-electron chi connectivity index (χ1n) is 8.22. The van der Waals surface area contributed by atoms with Crippen LogP contribution in [0, 0.1) is 12.3 Å². The molecule has 2 aliphatic rings. The van der Waals surface area contributed by atoms with Gasteiger partial charge in [0.05, 0.1) is 5.41 Å². The van der Waals surface area contributed by atoms with Crippen molar-refractivity contribution in [1.29, 1.82) is 0 Å². The molecular weight excluding hydrogens is 366 g/mol. The van der Waals surface area contributed by atoms with Gasteiger partial charge in [-0.05, 0) is 31.4 Å². The van der Waals surface area contributed by atoms with E-state index in [1.54, 1.807) is 6.07 Å². The maximum absolute atomic E-state index is 14.6. The first-order valence-corrected chi connectivity index (χ1v) is 9.72. The lowest BCUT2D eigenvalue weighted by Crippen LogP contribution is -2.43. The molecule has 1 aliphatic heterocycles. The van der Waals surface area contributed by atoms with Gasteiger partial charge in [0, 0.05) is 18.7 Å². The fourth-order valence-corrected chi connectivity index (χ4v) is 4.63. The summed E-state index contributed by atoms with van der Waals surface area (Å²) in [4.78, 5) is 0. The SMILES string of the molecule is Cc1ccccc1-c1nnc([C@H]2C(F)(F)C23CCN(S(N)(=O)=O)CC3)o1. The zero-order chi connectivity index (χ0) is 18.7. The van der Waals surface area contributed by atoms with Crippen LogP contribution >= 0.6 is 0 Å². The van der Waals surface area contributed by atoms with Crippen molar-refractivity contribution in [3.05, 3.63) is 35.7 Å². The summed E-state index contributed by atoms with van der Waals surface area (Å²) < 4.78 is 58.6. The highest BCUT2D eigenvalue weighted by Crippen LogP contribution is 2.75. The second-order valence-electron chi connectivity index (χ2n) is 6.92. The van der Waals surface area contributed by atoms with E-state index in [0.29, 0.717) is 5.56 Å². The van der Waals surface area contributed by atoms with Crippen LogP contribution < -0.4 is 5.14 Å². The van der Waals surface area contributed by atoms with E-state index in [-0.39, 0.29) is 37.7 Å². The monoisotopic (exact) mass is 384 g/mol. The van der Waals surface area contributed by atoms with Gasteiger partial charge in [-0.15, -0.1) is 10.2 Å². The van der Waals surface area contributed by atoms with Gasteiger partial charge in [0.25, 0.3) is 16.1 Å². The van der Waals surface area contributed by atoms with E-state index in [1.165, 1.54) is 0 Å².